The molecule has 0 fully saturated rings. The summed E-state index contributed by atoms with van der Waals surface area (Å²) >= 11 is 1.55. The van der Waals surface area contributed by atoms with Gasteiger partial charge in [-0.3, -0.25) is 19.5 Å². The smallest absolute Gasteiger partial charge is 0.326 e. The third kappa shape index (κ3) is 4.89. The molecular formula is C24H25N3O5S. The maximum atomic E-state index is 12.9. The number of carbonyl (C=O) groups is 2. The lowest BCUT2D eigenvalue weighted by molar-refractivity contribution is -0.149. The molecule has 1 aliphatic heterocycles. The monoisotopic (exact) mass is 467 g/mol. The molecule has 0 saturated heterocycles. The van der Waals surface area contributed by atoms with Gasteiger partial charge < -0.3 is 14.2 Å². The largest absolute Gasteiger partial charge is 0.479 e. The number of fused-ring (bicyclic) bond motifs is 1. The van der Waals surface area contributed by atoms with Gasteiger partial charge in [-0.2, -0.15) is 0 Å². The third-order valence-electron chi connectivity index (χ3n) is 5.14. The van der Waals surface area contributed by atoms with Crippen LogP contribution >= 0.6 is 11.3 Å². The molecule has 2 atom stereocenters. The van der Waals surface area contributed by atoms with Crippen molar-refractivity contribution in [3.8, 4) is 27.7 Å². The summed E-state index contributed by atoms with van der Waals surface area (Å²) in [5, 5.41) is 0.814. The summed E-state index contributed by atoms with van der Waals surface area (Å²) in [7, 11) is 1.54. The maximum Gasteiger partial charge on any atom is 0.326 e. The van der Waals surface area contributed by atoms with Gasteiger partial charge in [-0.25, -0.2) is 4.98 Å². The minimum Gasteiger partial charge on any atom is -0.479 e. The fraction of sp³-hybridized carbons (Fsp3) is 0.333. The molecule has 1 aromatic carbocycles. The molecule has 0 saturated carbocycles. The number of ether oxygens (including phenoxy) is 3. The van der Waals surface area contributed by atoms with Crippen LogP contribution in [0.5, 0.6) is 5.75 Å². The van der Waals surface area contributed by atoms with Gasteiger partial charge in [0.25, 0.3) is 5.91 Å². The number of pyridine rings is 1. The Hall–Kier alpha value is -3.30. The van der Waals surface area contributed by atoms with Gasteiger partial charge in [0.1, 0.15) is 23.4 Å². The van der Waals surface area contributed by atoms with E-state index in [0.717, 1.165) is 26.8 Å². The molecule has 3 heterocycles. The predicted octanol–water partition coefficient (Wildman–Crippen LogP) is 3.87. The van der Waals surface area contributed by atoms with E-state index in [1.165, 1.54) is 12.0 Å². The average molecular weight is 468 g/mol. The zero-order valence-corrected chi connectivity index (χ0v) is 19.7. The molecule has 8 nitrogen and oxygen atoms in total. The highest BCUT2D eigenvalue weighted by molar-refractivity contribution is 7.15. The molecule has 0 radical (unpaired) electrons. The van der Waals surface area contributed by atoms with Crippen LogP contribution in [-0.4, -0.2) is 54.3 Å². The van der Waals surface area contributed by atoms with Crippen molar-refractivity contribution in [2.75, 3.05) is 25.2 Å². The zero-order valence-electron chi connectivity index (χ0n) is 18.9. The maximum absolute atomic E-state index is 12.9. The van der Waals surface area contributed by atoms with Crippen LogP contribution in [0.1, 0.15) is 18.7 Å². The summed E-state index contributed by atoms with van der Waals surface area (Å²) in [4.78, 5) is 37.0. The SMILES string of the molecule is COCC(C)OC(=O)CN1C(=O)C(C)Oc2ccc(-c3nc(-c4ccccn4)sc3C)cc21. The van der Waals surface area contributed by atoms with Gasteiger partial charge in [0.2, 0.25) is 0 Å². The Morgan fingerprint density at radius 3 is 2.85 bits per heavy atom. The van der Waals surface area contributed by atoms with Crippen LogP contribution in [0.4, 0.5) is 5.69 Å². The molecule has 9 heteroatoms. The van der Waals surface area contributed by atoms with Gasteiger partial charge in [0.15, 0.2) is 6.10 Å². The molecule has 1 amide bonds. The van der Waals surface area contributed by atoms with E-state index in [1.54, 1.807) is 37.4 Å². The number of hydrogen-bond acceptors (Lipinski definition) is 8. The van der Waals surface area contributed by atoms with Crippen LogP contribution in [0.15, 0.2) is 42.6 Å². The van der Waals surface area contributed by atoms with Crippen molar-refractivity contribution >= 4 is 28.9 Å². The normalized spacial score (nSPS) is 16.2. The van der Waals surface area contributed by atoms with Crippen LogP contribution in [0.3, 0.4) is 0 Å². The second-order valence-electron chi connectivity index (χ2n) is 7.76. The minimum absolute atomic E-state index is 0.216. The number of aromatic nitrogens is 2. The molecule has 3 aromatic rings. The van der Waals surface area contributed by atoms with E-state index in [4.69, 9.17) is 19.2 Å². The summed E-state index contributed by atoms with van der Waals surface area (Å²) in [5.74, 6) is -0.290. The summed E-state index contributed by atoms with van der Waals surface area (Å²) < 4.78 is 16.2. The van der Waals surface area contributed by atoms with Crippen molar-refractivity contribution in [2.45, 2.75) is 33.0 Å². The number of hydrogen-bond donors (Lipinski definition) is 0. The van der Waals surface area contributed by atoms with Crippen LogP contribution in [0.25, 0.3) is 22.0 Å². The van der Waals surface area contributed by atoms with E-state index in [1.807, 2.05) is 37.3 Å². The Kier molecular flexibility index (Phi) is 6.71. The number of esters is 1. The molecule has 2 aromatic heterocycles. The number of nitrogens with zero attached hydrogens (tertiary/aromatic N) is 3. The van der Waals surface area contributed by atoms with E-state index in [2.05, 4.69) is 4.98 Å². The lowest BCUT2D eigenvalue weighted by Crippen LogP contribution is -2.47. The summed E-state index contributed by atoms with van der Waals surface area (Å²) in [6.45, 7) is 5.46. The standard InChI is InChI=1S/C24H25N3O5S/c1-14(13-30-4)31-21(28)12-27-19-11-17(8-9-20(19)32-15(2)24(27)29)22-16(3)33-23(26-22)18-7-5-6-10-25-18/h5-11,14-15H,12-13H2,1-4H3. The van der Waals surface area contributed by atoms with Crippen LogP contribution in [-0.2, 0) is 19.1 Å². The van der Waals surface area contributed by atoms with Gasteiger partial charge in [0, 0.05) is 23.7 Å². The molecule has 0 aliphatic carbocycles. The van der Waals surface area contributed by atoms with E-state index in [9.17, 15) is 9.59 Å². The number of carbonyl (C=O) groups excluding carboxylic acids is 2. The predicted molar refractivity (Wildman–Crippen MR) is 125 cm³/mol. The summed E-state index contributed by atoms with van der Waals surface area (Å²) in [6.07, 6.45) is 0.619. The van der Waals surface area contributed by atoms with Crippen molar-refractivity contribution in [1.29, 1.82) is 0 Å². The molecule has 0 N–H and O–H groups in total. The topological polar surface area (TPSA) is 90.9 Å². The second-order valence-corrected chi connectivity index (χ2v) is 8.96. The first kappa shape index (κ1) is 22.9. The van der Waals surface area contributed by atoms with E-state index in [-0.39, 0.29) is 19.1 Å². The molecule has 0 bridgehead atoms. The number of benzene rings is 1. The Labute approximate surface area is 196 Å². The molecule has 2 unspecified atom stereocenters. The number of amides is 1. The van der Waals surface area contributed by atoms with Gasteiger partial charge in [-0.15, -0.1) is 11.3 Å². The van der Waals surface area contributed by atoms with Crippen molar-refractivity contribution in [3.63, 3.8) is 0 Å². The Morgan fingerprint density at radius 2 is 2.12 bits per heavy atom. The first-order valence-corrected chi connectivity index (χ1v) is 11.4. The fourth-order valence-corrected chi connectivity index (χ4v) is 4.55. The second kappa shape index (κ2) is 9.68. The zero-order chi connectivity index (χ0) is 23.5. The lowest BCUT2D eigenvalue weighted by Gasteiger charge is -2.32. The van der Waals surface area contributed by atoms with Crippen LogP contribution in [0, 0.1) is 6.92 Å². The Morgan fingerprint density at radius 1 is 1.30 bits per heavy atom. The molecule has 4 rings (SSSR count). The summed E-state index contributed by atoms with van der Waals surface area (Å²) in [5.41, 5.74) is 2.93. The number of anilines is 1. The summed E-state index contributed by atoms with van der Waals surface area (Å²) in [6, 6.07) is 11.2. The van der Waals surface area contributed by atoms with Gasteiger partial charge in [0.05, 0.1) is 23.7 Å². The van der Waals surface area contributed by atoms with E-state index < -0.39 is 18.2 Å². The van der Waals surface area contributed by atoms with E-state index in [0.29, 0.717) is 11.4 Å². The first-order chi connectivity index (χ1) is 15.9. The van der Waals surface area contributed by atoms with Crippen LogP contribution in [0.2, 0.25) is 0 Å². The average Bonchev–Trinajstić information content (AvgIpc) is 3.19. The number of rotatable bonds is 7. The Bertz CT molecular complexity index is 1160. The molecule has 0 spiro atoms. The van der Waals surface area contributed by atoms with Gasteiger partial charge in [-0.1, -0.05) is 6.07 Å². The number of methoxy groups -OCH3 is 1. The highest BCUT2D eigenvalue weighted by Gasteiger charge is 2.34. The van der Waals surface area contributed by atoms with E-state index >= 15 is 0 Å². The minimum atomic E-state index is -0.704. The highest BCUT2D eigenvalue weighted by atomic mass is 32.1. The molecule has 172 valence electrons. The lowest BCUT2D eigenvalue weighted by atomic mass is 10.1. The fourth-order valence-electron chi connectivity index (χ4n) is 3.64. The van der Waals surface area contributed by atoms with Gasteiger partial charge >= 0.3 is 5.97 Å². The first-order valence-electron chi connectivity index (χ1n) is 10.6. The third-order valence-corrected chi connectivity index (χ3v) is 6.14. The highest BCUT2D eigenvalue weighted by Crippen LogP contribution is 2.39. The number of aryl methyl sites for hydroxylation is 1. The molecule has 33 heavy (non-hydrogen) atoms. The van der Waals surface area contributed by atoms with Crippen molar-refractivity contribution in [1.82, 2.24) is 9.97 Å². The van der Waals surface area contributed by atoms with Gasteiger partial charge in [-0.05, 0) is 51.1 Å². The van der Waals surface area contributed by atoms with Crippen molar-refractivity contribution < 1.29 is 23.8 Å². The molecule has 1 aliphatic rings. The van der Waals surface area contributed by atoms with Crippen molar-refractivity contribution in [2.24, 2.45) is 0 Å². The number of thiazole rings is 1. The quantitative estimate of drug-likeness (QED) is 0.487. The van der Waals surface area contributed by atoms with Crippen molar-refractivity contribution in [3.05, 3.63) is 47.5 Å². The van der Waals surface area contributed by atoms with Crippen LogP contribution < -0.4 is 9.64 Å². The Balaban J connectivity index is 1.65. The molecular weight excluding hydrogens is 442 g/mol.